The number of aromatic nitrogens is 1. The third-order valence-electron chi connectivity index (χ3n) is 3.02. The van der Waals surface area contributed by atoms with Gasteiger partial charge in [-0.2, -0.15) is 0 Å². The Labute approximate surface area is 100 Å². The average molecular weight is 226 g/mol. The van der Waals surface area contributed by atoms with Gasteiger partial charge in [-0.25, -0.2) is 0 Å². The van der Waals surface area contributed by atoms with Gasteiger partial charge < -0.3 is 4.74 Å². The van der Waals surface area contributed by atoms with Crippen molar-refractivity contribution >= 4 is 17.1 Å². The number of fused-ring (bicyclic) bond motifs is 2. The van der Waals surface area contributed by atoms with Crippen molar-refractivity contribution in [1.82, 2.24) is 4.98 Å². The summed E-state index contributed by atoms with van der Waals surface area (Å²) >= 11 is 0. The zero-order chi connectivity index (χ0) is 11.7. The Morgan fingerprint density at radius 1 is 1.41 bits per heavy atom. The van der Waals surface area contributed by atoms with Crippen LogP contribution in [0, 0.1) is 0 Å². The molecule has 3 nitrogen and oxygen atoms in total. The molecule has 1 aromatic carbocycles. The summed E-state index contributed by atoms with van der Waals surface area (Å²) in [6.07, 6.45) is 4.85. The Balaban J connectivity index is 2.14. The fourth-order valence-corrected chi connectivity index (χ4v) is 2.02. The van der Waals surface area contributed by atoms with Crippen LogP contribution in [0.3, 0.4) is 0 Å². The zero-order valence-corrected chi connectivity index (χ0v) is 9.76. The van der Waals surface area contributed by atoms with E-state index in [-0.39, 0.29) is 6.10 Å². The third-order valence-corrected chi connectivity index (χ3v) is 3.02. The van der Waals surface area contributed by atoms with Gasteiger partial charge in [0.15, 0.2) is 0 Å². The summed E-state index contributed by atoms with van der Waals surface area (Å²) in [6, 6.07) is 8.08. The first-order valence-electron chi connectivity index (χ1n) is 5.92. The Bertz CT molecular complexity index is 577. The molecule has 3 heteroatoms. The topological polar surface area (TPSA) is 34.5 Å². The van der Waals surface area contributed by atoms with Gasteiger partial charge in [0.2, 0.25) is 0 Å². The second-order valence-corrected chi connectivity index (χ2v) is 4.23. The van der Waals surface area contributed by atoms with Crippen LogP contribution in [-0.4, -0.2) is 23.8 Å². The highest BCUT2D eigenvalue weighted by Gasteiger charge is 2.14. The molecule has 17 heavy (non-hydrogen) atoms. The first-order chi connectivity index (χ1) is 8.36. The minimum atomic E-state index is 0.182. The highest BCUT2D eigenvalue weighted by molar-refractivity contribution is 5.92. The number of benzene rings is 1. The molecule has 1 aliphatic rings. The van der Waals surface area contributed by atoms with Gasteiger partial charge in [-0.1, -0.05) is 13.0 Å². The Morgan fingerprint density at radius 3 is 3.24 bits per heavy atom. The van der Waals surface area contributed by atoms with E-state index in [1.807, 2.05) is 18.3 Å². The summed E-state index contributed by atoms with van der Waals surface area (Å²) in [6.45, 7) is 2.85. The molecule has 0 spiro atoms. The molecule has 0 bridgehead atoms. The van der Waals surface area contributed by atoms with Gasteiger partial charge in [-0.3, -0.25) is 9.98 Å². The number of ether oxygens (including phenoxy) is 1. The molecule has 0 aliphatic carbocycles. The van der Waals surface area contributed by atoms with E-state index in [2.05, 4.69) is 29.0 Å². The number of nitrogens with zero attached hydrogens (tertiary/aromatic N) is 2. The van der Waals surface area contributed by atoms with Crippen LogP contribution in [0.4, 0.5) is 0 Å². The molecule has 0 saturated carbocycles. The summed E-state index contributed by atoms with van der Waals surface area (Å²) < 4.78 is 5.96. The lowest BCUT2D eigenvalue weighted by Gasteiger charge is -2.15. The van der Waals surface area contributed by atoms with Crippen molar-refractivity contribution in [3.05, 3.63) is 36.0 Å². The van der Waals surface area contributed by atoms with Gasteiger partial charge in [-0.15, -0.1) is 0 Å². The van der Waals surface area contributed by atoms with Crippen molar-refractivity contribution in [3.8, 4) is 5.75 Å². The molecule has 2 heterocycles. The molecule has 0 N–H and O–H groups in total. The van der Waals surface area contributed by atoms with Gasteiger partial charge in [0, 0.05) is 23.4 Å². The summed E-state index contributed by atoms with van der Waals surface area (Å²) in [5.41, 5.74) is 2.00. The SMILES string of the molecule is CC[C@@H]1CN=Cc2cc3ncccc3cc2O1. The summed E-state index contributed by atoms with van der Waals surface area (Å²) in [5.74, 6) is 0.915. The standard InChI is InChI=1S/C14H14N2O/c1-2-12-9-15-8-11-6-13-10(4-3-5-16-13)7-14(11)17-12/h3-8,12H,2,9H2,1H3/t12-/m1/s1. The predicted octanol–water partition coefficient (Wildman–Crippen LogP) is 2.82. The minimum Gasteiger partial charge on any atom is -0.488 e. The number of hydrogen-bond acceptors (Lipinski definition) is 3. The fraction of sp³-hybridized carbons (Fsp3) is 0.286. The highest BCUT2D eigenvalue weighted by Crippen LogP contribution is 2.26. The number of hydrogen-bond donors (Lipinski definition) is 0. The van der Waals surface area contributed by atoms with Crippen LogP contribution in [0.25, 0.3) is 10.9 Å². The lowest BCUT2D eigenvalue weighted by atomic mass is 10.1. The van der Waals surface area contributed by atoms with Gasteiger partial charge in [0.1, 0.15) is 11.9 Å². The van der Waals surface area contributed by atoms with E-state index in [0.29, 0.717) is 0 Å². The largest absolute Gasteiger partial charge is 0.488 e. The summed E-state index contributed by atoms with van der Waals surface area (Å²) in [7, 11) is 0. The first kappa shape index (κ1) is 10.3. The third kappa shape index (κ3) is 1.88. The molecule has 0 radical (unpaired) electrons. The number of aliphatic imine (C=N–C) groups is 1. The van der Waals surface area contributed by atoms with Crippen molar-refractivity contribution in [2.45, 2.75) is 19.4 Å². The van der Waals surface area contributed by atoms with Crippen LogP contribution < -0.4 is 4.74 Å². The molecule has 86 valence electrons. The Kier molecular flexibility index (Phi) is 2.52. The predicted molar refractivity (Wildman–Crippen MR) is 68.9 cm³/mol. The molecule has 1 aliphatic heterocycles. The van der Waals surface area contributed by atoms with E-state index in [1.54, 1.807) is 6.20 Å². The van der Waals surface area contributed by atoms with Crippen LogP contribution in [0.15, 0.2) is 35.5 Å². The van der Waals surface area contributed by atoms with Crippen LogP contribution >= 0.6 is 0 Å². The van der Waals surface area contributed by atoms with Crippen molar-refractivity contribution in [1.29, 1.82) is 0 Å². The molecule has 0 amide bonds. The number of pyridine rings is 1. The van der Waals surface area contributed by atoms with Crippen molar-refractivity contribution in [3.63, 3.8) is 0 Å². The highest BCUT2D eigenvalue weighted by atomic mass is 16.5. The molecule has 0 saturated heterocycles. The van der Waals surface area contributed by atoms with E-state index in [9.17, 15) is 0 Å². The molecule has 0 unspecified atom stereocenters. The number of rotatable bonds is 1. The van der Waals surface area contributed by atoms with Gasteiger partial charge in [0.05, 0.1) is 12.1 Å². The smallest absolute Gasteiger partial charge is 0.129 e. The molecular formula is C14H14N2O. The molecule has 2 aromatic rings. The van der Waals surface area contributed by atoms with Gasteiger partial charge >= 0.3 is 0 Å². The Morgan fingerprint density at radius 2 is 2.35 bits per heavy atom. The monoisotopic (exact) mass is 226 g/mol. The van der Waals surface area contributed by atoms with Gasteiger partial charge in [-0.05, 0) is 24.6 Å². The van der Waals surface area contributed by atoms with E-state index in [4.69, 9.17) is 4.74 Å². The second-order valence-electron chi connectivity index (χ2n) is 4.23. The van der Waals surface area contributed by atoms with E-state index >= 15 is 0 Å². The molecule has 3 rings (SSSR count). The van der Waals surface area contributed by atoms with E-state index < -0.39 is 0 Å². The summed E-state index contributed by atoms with van der Waals surface area (Å²) in [4.78, 5) is 8.74. The lowest BCUT2D eigenvalue weighted by molar-refractivity contribution is 0.208. The first-order valence-corrected chi connectivity index (χ1v) is 5.92. The minimum absolute atomic E-state index is 0.182. The molecule has 1 aromatic heterocycles. The van der Waals surface area contributed by atoms with E-state index in [0.717, 1.165) is 35.2 Å². The lowest BCUT2D eigenvalue weighted by Crippen LogP contribution is -2.17. The quantitative estimate of drug-likeness (QED) is 0.749. The maximum Gasteiger partial charge on any atom is 0.129 e. The maximum absolute atomic E-state index is 5.96. The second kappa shape index (κ2) is 4.17. The van der Waals surface area contributed by atoms with Gasteiger partial charge in [0.25, 0.3) is 0 Å². The molecule has 0 fully saturated rings. The zero-order valence-electron chi connectivity index (χ0n) is 9.76. The Hall–Kier alpha value is -1.90. The van der Waals surface area contributed by atoms with Crippen molar-refractivity contribution < 1.29 is 4.74 Å². The van der Waals surface area contributed by atoms with E-state index in [1.165, 1.54) is 0 Å². The van der Waals surface area contributed by atoms with Crippen LogP contribution in [0.1, 0.15) is 18.9 Å². The maximum atomic E-state index is 5.96. The van der Waals surface area contributed by atoms with Crippen LogP contribution in [0.5, 0.6) is 5.75 Å². The van der Waals surface area contributed by atoms with Crippen molar-refractivity contribution in [2.24, 2.45) is 4.99 Å². The average Bonchev–Trinajstić information content (AvgIpc) is 2.57. The molecule has 1 atom stereocenters. The normalized spacial score (nSPS) is 18.5. The fourth-order valence-electron chi connectivity index (χ4n) is 2.02. The summed E-state index contributed by atoms with van der Waals surface area (Å²) in [5, 5.41) is 1.11. The van der Waals surface area contributed by atoms with Crippen LogP contribution in [-0.2, 0) is 0 Å². The van der Waals surface area contributed by atoms with Crippen molar-refractivity contribution in [2.75, 3.05) is 6.54 Å². The molecular weight excluding hydrogens is 212 g/mol. The van der Waals surface area contributed by atoms with Crippen LogP contribution in [0.2, 0.25) is 0 Å².